The van der Waals surface area contributed by atoms with E-state index in [1.54, 1.807) is 5.48 Å². The second kappa shape index (κ2) is 14.5. The fourth-order valence-corrected chi connectivity index (χ4v) is 1.08. The van der Waals surface area contributed by atoms with E-state index < -0.39 is 17.3 Å². The molecule has 0 aromatic rings. The number of hydrogen-bond donors (Lipinski definition) is 2. The number of piperidine rings is 1. The van der Waals surface area contributed by atoms with Crippen LogP contribution in [0.4, 0.5) is 0 Å². The van der Waals surface area contributed by atoms with Crippen molar-refractivity contribution in [2.24, 2.45) is 0 Å². The second-order valence-electron chi connectivity index (χ2n) is 2.76. The first-order valence-corrected chi connectivity index (χ1v) is 6.37. The number of hydroxylamine groups is 1. The molecule has 0 radical (unpaired) electrons. The van der Waals surface area contributed by atoms with E-state index in [1.807, 2.05) is 13.8 Å². The number of hydrogen-bond acceptors (Lipinski definition) is 5. The van der Waals surface area contributed by atoms with Crippen LogP contribution in [0.25, 0.3) is 0 Å². The van der Waals surface area contributed by atoms with Gasteiger partial charge in [-0.25, -0.2) is 9.69 Å². The first kappa shape index (κ1) is 17.9. The summed E-state index contributed by atoms with van der Waals surface area (Å²) in [6.45, 7) is 7.63. The summed E-state index contributed by atoms with van der Waals surface area (Å²) in [5.41, 5.74) is 1.59. The van der Waals surface area contributed by atoms with Gasteiger partial charge in [-0.3, -0.25) is 4.79 Å². The van der Waals surface area contributed by atoms with Crippen molar-refractivity contribution >= 4 is 17.3 Å². The lowest BCUT2D eigenvalue weighted by atomic mass is 10.2. The zero-order valence-electron chi connectivity index (χ0n) is 10.1. The molecule has 1 amide bonds. The number of amides is 1. The highest BCUT2D eigenvalue weighted by molar-refractivity contribution is 7.74. The Morgan fingerprint density at radius 2 is 1.81 bits per heavy atom. The molecule has 0 aliphatic carbocycles. The summed E-state index contributed by atoms with van der Waals surface area (Å²) in [6.07, 6.45) is 4.22. The lowest BCUT2D eigenvalue weighted by Gasteiger charge is -2.08. The summed E-state index contributed by atoms with van der Waals surface area (Å²) in [6, 6.07) is 0. The molecule has 1 aliphatic heterocycles. The first-order chi connectivity index (χ1) is 7.63. The number of carbonyl (C=O) groups excluding carboxylic acids is 1. The summed E-state index contributed by atoms with van der Waals surface area (Å²) in [5.74, 6) is -0.561. The van der Waals surface area contributed by atoms with E-state index in [0.717, 1.165) is 6.92 Å². The third-order valence-electron chi connectivity index (χ3n) is 1.46. The maximum atomic E-state index is 9.84. The monoisotopic (exact) mass is 253 g/mol. The quantitative estimate of drug-likeness (QED) is 0.556. The van der Waals surface area contributed by atoms with Crippen LogP contribution in [0.5, 0.6) is 0 Å². The van der Waals surface area contributed by atoms with E-state index in [4.69, 9.17) is 0 Å². The zero-order chi connectivity index (χ0) is 12.8. The fraction of sp³-hybridized carbons (Fsp3) is 0.889. The Bertz CT molecular complexity index is 161. The highest BCUT2D eigenvalue weighted by Gasteiger charge is 1.93. The Morgan fingerprint density at radius 1 is 1.31 bits per heavy atom. The number of nitrogens with one attached hydrogen (secondary N) is 2. The molecule has 98 valence electrons. The minimum atomic E-state index is -2.67. The second-order valence-corrected chi connectivity index (χ2v) is 3.33. The van der Waals surface area contributed by atoms with E-state index in [9.17, 15) is 13.6 Å². The van der Waals surface area contributed by atoms with E-state index in [1.165, 1.54) is 32.4 Å². The Kier molecular flexibility index (Phi) is 16.2. The Labute approximate surface area is 99.6 Å². The molecule has 1 heterocycles. The van der Waals surface area contributed by atoms with Crippen LogP contribution < -0.4 is 10.8 Å². The van der Waals surface area contributed by atoms with Gasteiger partial charge in [-0.05, 0) is 25.9 Å². The normalized spacial score (nSPS) is 15.8. The molecule has 0 bridgehead atoms. The van der Waals surface area contributed by atoms with Crippen molar-refractivity contribution in [1.29, 1.82) is 0 Å². The number of rotatable bonds is 2. The topological polar surface area (TPSA) is 90.5 Å². The van der Waals surface area contributed by atoms with Gasteiger partial charge in [0.2, 0.25) is 5.91 Å². The molecular weight excluding hydrogens is 232 g/mol. The molecule has 1 aliphatic rings. The van der Waals surface area contributed by atoms with Crippen LogP contribution in [0, 0.1) is 0 Å². The van der Waals surface area contributed by atoms with Crippen LogP contribution in [-0.2, 0) is 20.4 Å². The maximum Gasteiger partial charge on any atom is 0.241 e. The molecular formula is C9H21N2O4S-. The molecule has 0 saturated carbocycles. The predicted octanol–water partition coefficient (Wildman–Crippen LogP) is 0.634. The molecule has 1 saturated heterocycles. The van der Waals surface area contributed by atoms with E-state index in [-0.39, 0.29) is 0 Å². The van der Waals surface area contributed by atoms with Crippen molar-refractivity contribution in [1.82, 2.24) is 10.8 Å². The molecule has 2 N–H and O–H groups in total. The Balaban J connectivity index is 0. The van der Waals surface area contributed by atoms with Crippen molar-refractivity contribution in [3.63, 3.8) is 0 Å². The molecule has 1 fully saturated rings. The average Bonchev–Trinajstić information content (AvgIpc) is 2.32. The third-order valence-corrected chi connectivity index (χ3v) is 1.68. The SMILES string of the molecule is C1CCNCC1.CC.CC(=O)NOS(=O)[O-]. The average molecular weight is 253 g/mol. The predicted molar refractivity (Wildman–Crippen MR) is 61.9 cm³/mol. The van der Waals surface area contributed by atoms with Crippen molar-refractivity contribution < 1.29 is 17.8 Å². The standard InChI is InChI=1S/C5H11N.C2H5NO4S.C2H6/c1-2-4-6-5-3-1;1-2(4)3-7-8(5)6;1-2/h6H,1-5H2;1H3,(H,3,4)(H,5,6);1-2H3/p-1. The maximum absolute atomic E-state index is 9.84. The van der Waals surface area contributed by atoms with E-state index in [0.29, 0.717) is 0 Å². The van der Waals surface area contributed by atoms with Gasteiger partial charge in [-0.2, -0.15) is 4.28 Å². The lowest BCUT2D eigenvalue weighted by molar-refractivity contribution is -0.125. The van der Waals surface area contributed by atoms with Crippen molar-refractivity contribution in [2.45, 2.75) is 40.0 Å². The van der Waals surface area contributed by atoms with Gasteiger partial charge in [-0.1, -0.05) is 20.3 Å². The van der Waals surface area contributed by atoms with E-state index >= 15 is 0 Å². The van der Waals surface area contributed by atoms with Gasteiger partial charge in [0.05, 0.1) is 0 Å². The van der Waals surface area contributed by atoms with Crippen molar-refractivity contribution in [2.75, 3.05) is 13.1 Å². The number of carbonyl (C=O) groups is 1. The Morgan fingerprint density at radius 3 is 1.94 bits per heavy atom. The summed E-state index contributed by atoms with van der Waals surface area (Å²) in [5, 5.41) is 3.28. The highest BCUT2D eigenvalue weighted by atomic mass is 32.2. The highest BCUT2D eigenvalue weighted by Crippen LogP contribution is 1.96. The smallest absolute Gasteiger partial charge is 0.241 e. The van der Waals surface area contributed by atoms with Gasteiger partial charge >= 0.3 is 0 Å². The molecule has 0 spiro atoms. The molecule has 7 heteroatoms. The van der Waals surface area contributed by atoms with Crippen molar-refractivity contribution in [3.05, 3.63) is 0 Å². The van der Waals surface area contributed by atoms with E-state index in [2.05, 4.69) is 9.60 Å². The minimum Gasteiger partial charge on any atom is -0.748 e. The molecule has 1 rings (SSSR count). The molecule has 0 aromatic heterocycles. The summed E-state index contributed by atoms with van der Waals surface area (Å²) >= 11 is -2.67. The van der Waals surface area contributed by atoms with Crippen LogP contribution in [0.1, 0.15) is 40.0 Å². The van der Waals surface area contributed by atoms with Gasteiger partial charge in [0.1, 0.15) is 11.4 Å². The summed E-state index contributed by atoms with van der Waals surface area (Å²) in [4.78, 5) is 9.84. The molecule has 0 aromatic carbocycles. The van der Waals surface area contributed by atoms with Gasteiger partial charge < -0.3 is 9.87 Å². The van der Waals surface area contributed by atoms with Crippen LogP contribution in [0.2, 0.25) is 0 Å². The minimum absolute atomic E-state index is 0.561. The first-order valence-electron chi connectivity index (χ1n) is 5.37. The van der Waals surface area contributed by atoms with Crippen molar-refractivity contribution in [3.8, 4) is 0 Å². The molecule has 1 atom stereocenters. The van der Waals surface area contributed by atoms with Gasteiger partial charge in [0.25, 0.3) is 0 Å². The lowest BCUT2D eigenvalue weighted by Crippen LogP contribution is -2.21. The summed E-state index contributed by atoms with van der Waals surface area (Å²) in [7, 11) is 0. The molecule has 1 unspecified atom stereocenters. The van der Waals surface area contributed by atoms with Crippen LogP contribution in [-0.4, -0.2) is 27.8 Å². The van der Waals surface area contributed by atoms with Crippen LogP contribution in [0.15, 0.2) is 0 Å². The third kappa shape index (κ3) is 19.1. The van der Waals surface area contributed by atoms with Gasteiger partial charge in [0.15, 0.2) is 0 Å². The Hall–Kier alpha value is -0.500. The van der Waals surface area contributed by atoms with Gasteiger partial charge in [0, 0.05) is 6.92 Å². The summed E-state index contributed by atoms with van der Waals surface area (Å²) < 4.78 is 22.6. The fourth-order valence-electron chi connectivity index (χ4n) is 0.894. The zero-order valence-corrected chi connectivity index (χ0v) is 10.9. The largest absolute Gasteiger partial charge is 0.748 e. The van der Waals surface area contributed by atoms with Gasteiger partial charge in [-0.15, -0.1) is 0 Å². The molecule has 6 nitrogen and oxygen atoms in total. The van der Waals surface area contributed by atoms with Crippen LogP contribution >= 0.6 is 0 Å². The van der Waals surface area contributed by atoms with Crippen LogP contribution in [0.3, 0.4) is 0 Å². The molecule has 16 heavy (non-hydrogen) atoms.